The molecular formula is C35H55ClNO9P. The Bertz CT molecular complexity index is 1330. The molecule has 0 aliphatic rings. The van der Waals surface area contributed by atoms with Gasteiger partial charge < -0.3 is 24.3 Å². The molecule has 47 heavy (non-hydrogen) atoms. The lowest BCUT2D eigenvalue weighted by Gasteiger charge is -2.35. The van der Waals surface area contributed by atoms with Crippen LogP contribution in [0.5, 0.6) is 17.2 Å². The fraction of sp³-hybridized carbons (Fsp3) is 0.629. The zero-order valence-corrected chi connectivity index (χ0v) is 31.9. The summed E-state index contributed by atoms with van der Waals surface area (Å²) in [5.41, 5.74) is -1.47. The molecule has 10 nitrogen and oxygen atoms in total. The summed E-state index contributed by atoms with van der Waals surface area (Å²) in [5, 5.41) is 3.31. The van der Waals surface area contributed by atoms with E-state index in [1.54, 1.807) is 82.4 Å². The molecule has 0 spiro atoms. The molecule has 2 rings (SSSR count). The second-order valence-corrected chi connectivity index (χ2v) is 16.5. The third-order valence-corrected chi connectivity index (χ3v) is 8.51. The van der Waals surface area contributed by atoms with Gasteiger partial charge in [0.2, 0.25) is 0 Å². The number of phosphoric ester groups is 1. The summed E-state index contributed by atoms with van der Waals surface area (Å²) in [6, 6.07) is 11.5. The van der Waals surface area contributed by atoms with Crippen LogP contribution in [0.1, 0.15) is 93.7 Å². The van der Waals surface area contributed by atoms with E-state index in [1.807, 2.05) is 37.3 Å². The number of ether oxygens (including phenoxy) is 4. The highest BCUT2D eigenvalue weighted by atomic mass is 35.5. The average Bonchev–Trinajstić information content (AvgIpc) is 2.90. The number of phosphoric acid groups is 1. The molecule has 2 aromatic rings. The maximum absolute atomic E-state index is 13.8. The van der Waals surface area contributed by atoms with Gasteiger partial charge in [-0.25, -0.2) is 9.36 Å². The number of hydrogen-bond donors (Lipinski definition) is 1. The fourth-order valence-electron chi connectivity index (χ4n) is 4.35. The highest BCUT2D eigenvalue weighted by Crippen LogP contribution is 2.56. The number of methoxy groups -OCH3 is 1. The monoisotopic (exact) mass is 699 g/mol. The molecule has 266 valence electrons. The van der Waals surface area contributed by atoms with Gasteiger partial charge in [0.15, 0.2) is 11.5 Å². The van der Waals surface area contributed by atoms with Gasteiger partial charge in [-0.1, -0.05) is 23.7 Å². The van der Waals surface area contributed by atoms with Crippen molar-refractivity contribution in [1.82, 2.24) is 5.32 Å². The van der Waals surface area contributed by atoms with Gasteiger partial charge >= 0.3 is 13.9 Å². The van der Waals surface area contributed by atoms with Gasteiger partial charge in [0.25, 0.3) is 0 Å². The molecule has 0 saturated carbocycles. The highest BCUT2D eigenvalue weighted by Gasteiger charge is 2.40. The smallest absolute Gasteiger partial charge is 0.475 e. The van der Waals surface area contributed by atoms with Crippen LogP contribution in [0.4, 0.5) is 4.79 Å². The van der Waals surface area contributed by atoms with Gasteiger partial charge in [-0.2, -0.15) is 0 Å². The van der Waals surface area contributed by atoms with Crippen molar-refractivity contribution >= 4 is 25.5 Å². The summed E-state index contributed by atoms with van der Waals surface area (Å²) in [6.45, 7) is 20.5. The zero-order valence-electron chi connectivity index (χ0n) is 30.2. The summed E-state index contributed by atoms with van der Waals surface area (Å²) in [5.74, 6) is 1.76. The summed E-state index contributed by atoms with van der Waals surface area (Å²) in [7, 11) is -2.51. The number of carbonyl (C=O) groups excluding carboxylic acids is 1. The van der Waals surface area contributed by atoms with E-state index in [4.69, 9.17) is 44.1 Å². The van der Waals surface area contributed by atoms with E-state index in [0.29, 0.717) is 49.0 Å². The molecule has 0 aliphatic heterocycles. The summed E-state index contributed by atoms with van der Waals surface area (Å²) >= 11 is 6.70. The number of benzene rings is 2. The van der Waals surface area contributed by atoms with Crippen LogP contribution < -0.4 is 19.5 Å². The topological polar surface area (TPSA) is 111 Å². The van der Waals surface area contributed by atoms with Crippen molar-refractivity contribution in [3.05, 3.63) is 52.5 Å². The second kappa shape index (κ2) is 16.8. The minimum Gasteiger partial charge on any atom is -0.494 e. The Kier molecular flexibility index (Phi) is 14.5. The number of aryl methyl sites for hydroxylation is 1. The van der Waals surface area contributed by atoms with Crippen LogP contribution in [0.25, 0.3) is 0 Å². The molecule has 1 N–H and O–H groups in total. The lowest BCUT2D eigenvalue weighted by molar-refractivity contribution is -0.00737. The van der Waals surface area contributed by atoms with Crippen molar-refractivity contribution in [2.45, 2.75) is 118 Å². The largest absolute Gasteiger partial charge is 0.494 e. The third kappa shape index (κ3) is 15.5. The number of rotatable bonds is 16. The Labute approximate surface area is 286 Å². The highest BCUT2D eigenvalue weighted by molar-refractivity contribution is 7.48. The molecule has 12 heteroatoms. The van der Waals surface area contributed by atoms with E-state index >= 15 is 0 Å². The van der Waals surface area contributed by atoms with Crippen LogP contribution in [0.3, 0.4) is 0 Å². The first-order chi connectivity index (χ1) is 21.5. The molecule has 0 saturated heterocycles. The first kappa shape index (κ1) is 40.7. The number of amides is 1. The molecule has 0 aromatic heterocycles. The first-order valence-electron chi connectivity index (χ1n) is 15.9. The maximum Gasteiger partial charge on any atom is 0.475 e. The molecule has 0 aliphatic carbocycles. The molecule has 0 unspecified atom stereocenters. The van der Waals surface area contributed by atoms with Crippen molar-refractivity contribution in [1.29, 1.82) is 0 Å². The Morgan fingerprint density at radius 1 is 0.830 bits per heavy atom. The van der Waals surface area contributed by atoms with Gasteiger partial charge in [-0.15, -0.1) is 0 Å². The lowest BCUT2D eigenvalue weighted by atomic mass is 9.94. The third-order valence-electron chi connectivity index (χ3n) is 6.24. The van der Waals surface area contributed by atoms with E-state index in [2.05, 4.69) is 5.32 Å². The van der Waals surface area contributed by atoms with Gasteiger partial charge in [0.1, 0.15) is 11.4 Å². The molecule has 0 radical (unpaired) electrons. The van der Waals surface area contributed by atoms with Crippen LogP contribution in [0.2, 0.25) is 5.02 Å². The quantitative estimate of drug-likeness (QED) is 0.171. The fourth-order valence-corrected chi connectivity index (χ4v) is 6.57. The van der Waals surface area contributed by atoms with Crippen LogP contribution in [0, 0.1) is 0 Å². The minimum atomic E-state index is -4.06. The van der Waals surface area contributed by atoms with Gasteiger partial charge in [-0.3, -0.25) is 13.6 Å². The second-order valence-electron chi connectivity index (χ2n) is 14.6. The standard InChI is InChI=1S/C35H55ClNO9P/c1-13-41-27-16-14-25(15-17-27)19-21-42-30-28(36)22-26(23-29(30)40-12)18-20-35(11,37-31(38)44-32(2,3)4)24-43-47(39,45-33(5,6)7)46-34(8,9)10/h14-17,22-23H,13,18-21,24H2,1-12H3,(H,37,38)/t35-/m1/s1. The Morgan fingerprint density at radius 3 is 1.94 bits per heavy atom. The van der Waals surface area contributed by atoms with Crippen LogP contribution >= 0.6 is 19.4 Å². The number of alkyl carbamates (subject to hydrolysis) is 1. The van der Waals surface area contributed by atoms with Crippen LogP contribution in [0.15, 0.2) is 36.4 Å². The summed E-state index contributed by atoms with van der Waals surface area (Å²) in [6.07, 6.45) is 0.834. The minimum absolute atomic E-state index is 0.187. The number of nitrogens with one attached hydrogen (secondary N) is 1. The molecule has 1 atom stereocenters. The van der Waals surface area contributed by atoms with Crippen molar-refractivity contribution < 1.29 is 41.9 Å². The van der Waals surface area contributed by atoms with E-state index in [9.17, 15) is 9.36 Å². The lowest BCUT2D eigenvalue weighted by Crippen LogP contribution is -2.51. The van der Waals surface area contributed by atoms with E-state index in [0.717, 1.165) is 16.9 Å². The maximum atomic E-state index is 13.8. The number of halogens is 1. The van der Waals surface area contributed by atoms with Crippen molar-refractivity contribution in [2.75, 3.05) is 26.9 Å². The van der Waals surface area contributed by atoms with Gasteiger partial charge in [0.05, 0.1) is 48.7 Å². The normalized spacial score (nSPS) is 13.9. The van der Waals surface area contributed by atoms with Crippen LogP contribution in [-0.4, -0.2) is 55.4 Å². The van der Waals surface area contributed by atoms with Crippen molar-refractivity contribution in [3.63, 3.8) is 0 Å². The van der Waals surface area contributed by atoms with Gasteiger partial charge in [-0.05, 0) is 124 Å². The zero-order chi connectivity index (χ0) is 35.7. The SMILES string of the molecule is CCOc1ccc(CCOc2c(Cl)cc(CC[C@](C)(COP(=O)(OC(C)(C)C)OC(C)(C)C)NC(=O)OC(C)(C)C)cc2OC)cc1. The molecule has 2 aromatic carbocycles. The van der Waals surface area contributed by atoms with Crippen molar-refractivity contribution in [2.24, 2.45) is 0 Å². The van der Waals surface area contributed by atoms with E-state index in [-0.39, 0.29) is 6.61 Å². The first-order valence-corrected chi connectivity index (χ1v) is 17.8. The molecule has 1 amide bonds. The Morgan fingerprint density at radius 2 is 1.43 bits per heavy atom. The van der Waals surface area contributed by atoms with Crippen LogP contribution in [-0.2, 0) is 35.7 Å². The van der Waals surface area contributed by atoms with E-state index < -0.39 is 36.3 Å². The molecule has 0 heterocycles. The Hall–Kier alpha value is -2.49. The predicted octanol–water partition coefficient (Wildman–Crippen LogP) is 9.34. The summed E-state index contributed by atoms with van der Waals surface area (Å²) < 4.78 is 54.0. The molecule has 0 bridgehead atoms. The van der Waals surface area contributed by atoms with E-state index in [1.165, 1.54) is 0 Å². The van der Waals surface area contributed by atoms with Crippen molar-refractivity contribution in [3.8, 4) is 17.2 Å². The molecule has 0 fully saturated rings. The predicted molar refractivity (Wildman–Crippen MR) is 186 cm³/mol. The summed E-state index contributed by atoms with van der Waals surface area (Å²) in [4.78, 5) is 12.9. The number of carbonyl (C=O) groups is 1. The molecular weight excluding hydrogens is 645 g/mol. The average molecular weight is 700 g/mol. The van der Waals surface area contributed by atoms with Gasteiger partial charge in [0, 0.05) is 6.42 Å². The Balaban J connectivity index is 2.24. The number of hydrogen-bond acceptors (Lipinski definition) is 9.